The lowest BCUT2D eigenvalue weighted by atomic mass is 10.1. The molecule has 2 amide bonds. The summed E-state index contributed by atoms with van der Waals surface area (Å²) in [4.78, 5) is 35.7. The molecule has 32 heavy (non-hydrogen) atoms. The molecular formula is C23H26N6O2S. The Morgan fingerprint density at radius 3 is 2.69 bits per heavy atom. The Kier molecular flexibility index (Phi) is 5.52. The Balaban J connectivity index is 1.25. The summed E-state index contributed by atoms with van der Waals surface area (Å²) >= 11 is 1.38. The molecule has 2 aliphatic heterocycles. The number of nitrogens with zero attached hydrogens (tertiary/aromatic N) is 6. The van der Waals surface area contributed by atoms with Gasteiger partial charge in [0, 0.05) is 81.3 Å². The molecule has 5 rings (SSSR count). The van der Waals surface area contributed by atoms with Crippen LogP contribution in [0.3, 0.4) is 0 Å². The molecule has 0 bridgehead atoms. The Bertz CT molecular complexity index is 1130. The SMILES string of the molecule is Cc1nn(C)cc1-c1cccc(N2CC(N3CCN(C(=O)c4nccs4)CC3)CC2=O)c1. The van der Waals surface area contributed by atoms with Crippen molar-refractivity contribution in [3.63, 3.8) is 0 Å². The monoisotopic (exact) mass is 450 g/mol. The molecule has 0 radical (unpaired) electrons. The van der Waals surface area contributed by atoms with Gasteiger partial charge in [-0.1, -0.05) is 12.1 Å². The van der Waals surface area contributed by atoms with Crippen molar-refractivity contribution in [3.8, 4) is 11.1 Å². The zero-order chi connectivity index (χ0) is 22.2. The lowest BCUT2D eigenvalue weighted by Crippen LogP contribution is -2.52. The number of carbonyl (C=O) groups is 2. The zero-order valence-electron chi connectivity index (χ0n) is 18.3. The highest BCUT2D eigenvalue weighted by molar-refractivity contribution is 7.11. The second kappa shape index (κ2) is 8.48. The summed E-state index contributed by atoms with van der Waals surface area (Å²) < 4.78 is 1.81. The van der Waals surface area contributed by atoms with Crippen LogP contribution in [-0.2, 0) is 11.8 Å². The number of benzene rings is 1. The van der Waals surface area contributed by atoms with E-state index in [-0.39, 0.29) is 17.9 Å². The minimum absolute atomic E-state index is 0.00582. The molecule has 1 unspecified atom stereocenters. The largest absolute Gasteiger partial charge is 0.334 e. The van der Waals surface area contributed by atoms with Crippen LogP contribution in [0.5, 0.6) is 0 Å². The molecule has 166 valence electrons. The first kappa shape index (κ1) is 20.8. The van der Waals surface area contributed by atoms with Crippen LogP contribution in [0.4, 0.5) is 5.69 Å². The van der Waals surface area contributed by atoms with E-state index in [0.29, 0.717) is 31.1 Å². The molecule has 2 fully saturated rings. The first-order valence-electron chi connectivity index (χ1n) is 10.8. The van der Waals surface area contributed by atoms with Crippen molar-refractivity contribution >= 4 is 28.8 Å². The predicted octanol–water partition coefficient (Wildman–Crippen LogP) is 2.42. The van der Waals surface area contributed by atoms with Gasteiger partial charge in [0.1, 0.15) is 0 Å². The topological polar surface area (TPSA) is 74.6 Å². The molecule has 0 spiro atoms. The van der Waals surface area contributed by atoms with E-state index in [1.165, 1.54) is 11.3 Å². The van der Waals surface area contributed by atoms with Crippen LogP contribution in [0.25, 0.3) is 11.1 Å². The number of amides is 2. The number of piperazine rings is 1. The van der Waals surface area contributed by atoms with E-state index < -0.39 is 0 Å². The minimum atomic E-state index is 0.00582. The molecule has 0 saturated carbocycles. The summed E-state index contributed by atoms with van der Waals surface area (Å²) in [5.41, 5.74) is 4.05. The van der Waals surface area contributed by atoms with Crippen LogP contribution >= 0.6 is 11.3 Å². The van der Waals surface area contributed by atoms with E-state index in [1.54, 1.807) is 6.20 Å². The molecule has 0 N–H and O–H groups in total. The average molecular weight is 451 g/mol. The number of aryl methyl sites for hydroxylation is 2. The molecule has 2 aliphatic rings. The van der Waals surface area contributed by atoms with Gasteiger partial charge in [0.25, 0.3) is 5.91 Å². The van der Waals surface area contributed by atoms with Crippen LogP contribution in [0.1, 0.15) is 21.9 Å². The Hall–Kier alpha value is -3.04. The van der Waals surface area contributed by atoms with Crippen molar-refractivity contribution in [3.05, 3.63) is 52.7 Å². The second-order valence-electron chi connectivity index (χ2n) is 8.38. The number of rotatable bonds is 4. The molecule has 0 aliphatic carbocycles. The average Bonchev–Trinajstić information content (AvgIpc) is 3.54. The summed E-state index contributed by atoms with van der Waals surface area (Å²) in [6, 6.07) is 8.31. The highest BCUT2D eigenvalue weighted by Crippen LogP contribution is 2.30. The summed E-state index contributed by atoms with van der Waals surface area (Å²) in [5.74, 6) is 0.155. The van der Waals surface area contributed by atoms with Gasteiger partial charge in [-0.2, -0.15) is 5.10 Å². The summed E-state index contributed by atoms with van der Waals surface area (Å²) in [7, 11) is 1.92. The standard InChI is InChI=1S/C23H26N6O2S/c1-16-20(15-26(2)25-16)17-4-3-5-18(12-17)29-14-19(13-21(29)30)27-7-9-28(10-8-27)23(31)22-24-6-11-32-22/h3-6,11-12,15,19H,7-10,13-14H2,1-2H3. The van der Waals surface area contributed by atoms with E-state index in [2.05, 4.69) is 27.1 Å². The van der Waals surface area contributed by atoms with E-state index in [9.17, 15) is 9.59 Å². The number of carbonyl (C=O) groups excluding carboxylic acids is 2. The molecule has 9 heteroatoms. The van der Waals surface area contributed by atoms with Gasteiger partial charge in [0.2, 0.25) is 5.91 Å². The van der Waals surface area contributed by atoms with Crippen molar-refractivity contribution in [1.82, 2.24) is 24.6 Å². The maximum Gasteiger partial charge on any atom is 0.282 e. The highest BCUT2D eigenvalue weighted by atomic mass is 32.1. The first-order valence-corrected chi connectivity index (χ1v) is 11.7. The lowest BCUT2D eigenvalue weighted by molar-refractivity contribution is -0.117. The molecule has 8 nitrogen and oxygen atoms in total. The quantitative estimate of drug-likeness (QED) is 0.610. The first-order chi connectivity index (χ1) is 15.5. The maximum atomic E-state index is 12.9. The Morgan fingerprint density at radius 2 is 2.00 bits per heavy atom. The molecule has 4 heterocycles. The lowest BCUT2D eigenvalue weighted by Gasteiger charge is -2.37. The fraction of sp³-hybridized carbons (Fsp3) is 0.391. The number of anilines is 1. The van der Waals surface area contributed by atoms with Gasteiger partial charge in [-0.25, -0.2) is 4.98 Å². The smallest absolute Gasteiger partial charge is 0.282 e. The number of hydrogen-bond acceptors (Lipinski definition) is 6. The van der Waals surface area contributed by atoms with Crippen molar-refractivity contribution in [2.24, 2.45) is 7.05 Å². The molecule has 2 saturated heterocycles. The van der Waals surface area contributed by atoms with Gasteiger partial charge in [-0.15, -0.1) is 11.3 Å². The number of hydrogen-bond donors (Lipinski definition) is 0. The predicted molar refractivity (Wildman–Crippen MR) is 124 cm³/mol. The third-order valence-corrected chi connectivity index (χ3v) is 7.08. The third kappa shape index (κ3) is 3.93. The van der Waals surface area contributed by atoms with Crippen LogP contribution in [0, 0.1) is 6.92 Å². The van der Waals surface area contributed by atoms with Gasteiger partial charge in [0.15, 0.2) is 5.01 Å². The molecule has 1 atom stereocenters. The van der Waals surface area contributed by atoms with Crippen LogP contribution in [-0.4, -0.2) is 75.1 Å². The molecule has 3 aromatic rings. The highest BCUT2D eigenvalue weighted by Gasteiger charge is 2.36. The van der Waals surface area contributed by atoms with Crippen LogP contribution < -0.4 is 4.90 Å². The maximum absolute atomic E-state index is 12.9. The summed E-state index contributed by atoms with van der Waals surface area (Å²) in [5, 5.41) is 6.81. The summed E-state index contributed by atoms with van der Waals surface area (Å²) in [6.07, 6.45) is 4.18. The van der Waals surface area contributed by atoms with E-state index in [0.717, 1.165) is 35.6 Å². The van der Waals surface area contributed by atoms with Gasteiger partial charge < -0.3 is 9.80 Å². The van der Waals surface area contributed by atoms with E-state index in [4.69, 9.17) is 0 Å². The Morgan fingerprint density at radius 1 is 1.19 bits per heavy atom. The second-order valence-corrected chi connectivity index (χ2v) is 9.27. The van der Waals surface area contributed by atoms with Crippen molar-refractivity contribution in [2.45, 2.75) is 19.4 Å². The van der Waals surface area contributed by atoms with E-state index >= 15 is 0 Å². The van der Waals surface area contributed by atoms with Gasteiger partial charge in [-0.3, -0.25) is 19.2 Å². The fourth-order valence-corrected chi connectivity index (χ4v) is 5.26. The fourth-order valence-electron chi connectivity index (χ4n) is 4.66. The van der Waals surface area contributed by atoms with Crippen LogP contribution in [0.15, 0.2) is 42.0 Å². The summed E-state index contributed by atoms with van der Waals surface area (Å²) in [6.45, 7) is 5.56. The van der Waals surface area contributed by atoms with Gasteiger partial charge in [0.05, 0.1) is 5.69 Å². The number of thiazole rings is 1. The van der Waals surface area contributed by atoms with Gasteiger partial charge in [-0.05, 0) is 24.6 Å². The van der Waals surface area contributed by atoms with Crippen LogP contribution in [0.2, 0.25) is 0 Å². The molecule has 1 aromatic carbocycles. The van der Waals surface area contributed by atoms with Crippen molar-refractivity contribution in [2.75, 3.05) is 37.6 Å². The van der Waals surface area contributed by atoms with Crippen molar-refractivity contribution < 1.29 is 9.59 Å². The van der Waals surface area contributed by atoms with Crippen molar-refractivity contribution in [1.29, 1.82) is 0 Å². The minimum Gasteiger partial charge on any atom is -0.334 e. The zero-order valence-corrected chi connectivity index (χ0v) is 19.1. The van der Waals surface area contributed by atoms with Gasteiger partial charge >= 0.3 is 0 Å². The molecular weight excluding hydrogens is 424 g/mol. The third-order valence-electron chi connectivity index (χ3n) is 6.32. The van der Waals surface area contributed by atoms with E-state index in [1.807, 2.05) is 52.2 Å². The Labute approximate surface area is 191 Å². The molecule has 2 aromatic heterocycles. The number of aromatic nitrogens is 3. The normalized spacial score (nSPS) is 19.7.